The van der Waals surface area contributed by atoms with Crippen molar-refractivity contribution in [3.63, 3.8) is 0 Å². The lowest BCUT2D eigenvalue weighted by Gasteiger charge is -2.21. The number of rotatable bonds is 2. The molecule has 0 heterocycles. The van der Waals surface area contributed by atoms with Crippen LogP contribution in [0.3, 0.4) is 0 Å². The third-order valence-electron chi connectivity index (χ3n) is 3.56. The number of hydrogen-bond acceptors (Lipinski definition) is 2. The quantitative estimate of drug-likeness (QED) is 0.817. The van der Waals surface area contributed by atoms with Gasteiger partial charge in [-0.3, -0.25) is 0 Å². The highest BCUT2D eigenvalue weighted by Crippen LogP contribution is 2.33. The lowest BCUT2D eigenvalue weighted by Crippen LogP contribution is -2.09. The van der Waals surface area contributed by atoms with Crippen LogP contribution in [-0.4, -0.2) is 6.04 Å². The molecule has 82 valence electrons. The fourth-order valence-corrected chi connectivity index (χ4v) is 2.50. The van der Waals surface area contributed by atoms with Gasteiger partial charge in [-0.05, 0) is 55.4 Å². The van der Waals surface area contributed by atoms with Gasteiger partial charge in [-0.1, -0.05) is 6.07 Å². The first kappa shape index (κ1) is 9.72. The zero-order valence-corrected chi connectivity index (χ0v) is 9.37. The molecular weight excluding hydrogens is 196 g/mol. The molecule has 1 aromatic carbocycles. The first-order chi connectivity index (χ1) is 7.86. The van der Waals surface area contributed by atoms with Gasteiger partial charge in [0.25, 0.3) is 0 Å². The van der Waals surface area contributed by atoms with Gasteiger partial charge in [0.05, 0.1) is 12.0 Å². The van der Waals surface area contributed by atoms with Gasteiger partial charge in [0.1, 0.15) is 0 Å². The van der Waals surface area contributed by atoms with Crippen molar-refractivity contribution in [3.8, 4) is 6.07 Å². The number of nitrogens with zero attached hydrogens (tertiary/aromatic N) is 1. The maximum absolute atomic E-state index is 9.10. The first-order valence-corrected chi connectivity index (χ1v) is 6.16. The SMILES string of the molecule is N#CC1CCCc2cc(NC3CC3)ccc21. The average molecular weight is 212 g/mol. The molecule has 2 nitrogen and oxygen atoms in total. The summed E-state index contributed by atoms with van der Waals surface area (Å²) in [6.07, 6.45) is 5.92. The molecule has 2 aliphatic carbocycles. The smallest absolute Gasteiger partial charge is 0.0715 e. The summed E-state index contributed by atoms with van der Waals surface area (Å²) in [5.74, 6) is 0.124. The van der Waals surface area contributed by atoms with E-state index in [-0.39, 0.29) is 5.92 Å². The van der Waals surface area contributed by atoms with Gasteiger partial charge in [-0.25, -0.2) is 0 Å². The van der Waals surface area contributed by atoms with E-state index in [1.165, 1.54) is 29.7 Å². The fraction of sp³-hybridized carbons (Fsp3) is 0.500. The van der Waals surface area contributed by atoms with Crippen LogP contribution in [-0.2, 0) is 6.42 Å². The highest BCUT2D eigenvalue weighted by atomic mass is 14.9. The van der Waals surface area contributed by atoms with Gasteiger partial charge >= 0.3 is 0 Å². The van der Waals surface area contributed by atoms with Gasteiger partial charge in [0.2, 0.25) is 0 Å². The van der Waals surface area contributed by atoms with E-state index in [2.05, 4.69) is 29.6 Å². The van der Waals surface area contributed by atoms with Crippen molar-refractivity contribution < 1.29 is 0 Å². The van der Waals surface area contributed by atoms with Crippen molar-refractivity contribution in [2.24, 2.45) is 0 Å². The Morgan fingerprint density at radius 2 is 2.12 bits per heavy atom. The van der Waals surface area contributed by atoms with E-state index in [9.17, 15) is 0 Å². The van der Waals surface area contributed by atoms with Crippen LogP contribution in [0.5, 0.6) is 0 Å². The molecule has 0 radical (unpaired) electrons. The Kier molecular flexibility index (Phi) is 2.32. The standard InChI is InChI=1S/C14H16N2/c15-9-11-3-1-2-10-8-13(6-7-14(10)11)16-12-4-5-12/h6-8,11-12,16H,1-5H2. The molecule has 0 aliphatic heterocycles. The molecule has 3 rings (SSSR count). The summed E-state index contributed by atoms with van der Waals surface area (Å²) in [6.45, 7) is 0. The Labute approximate surface area is 96.3 Å². The second-order valence-electron chi connectivity index (χ2n) is 4.91. The minimum Gasteiger partial charge on any atom is -0.382 e. The number of nitriles is 1. The predicted molar refractivity (Wildman–Crippen MR) is 64.4 cm³/mol. The second-order valence-corrected chi connectivity index (χ2v) is 4.91. The lowest BCUT2D eigenvalue weighted by atomic mass is 9.83. The van der Waals surface area contributed by atoms with E-state index in [1.807, 2.05) is 0 Å². The molecule has 0 spiro atoms. The number of anilines is 1. The van der Waals surface area contributed by atoms with Crippen LogP contribution in [0.25, 0.3) is 0 Å². The van der Waals surface area contributed by atoms with Crippen LogP contribution >= 0.6 is 0 Å². The summed E-state index contributed by atoms with van der Waals surface area (Å²) in [6, 6.07) is 9.64. The topological polar surface area (TPSA) is 35.8 Å². The second kappa shape index (κ2) is 3.83. The molecule has 1 saturated carbocycles. The van der Waals surface area contributed by atoms with E-state index in [1.54, 1.807) is 0 Å². The number of aryl methyl sites for hydroxylation is 1. The van der Waals surface area contributed by atoms with Crippen LogP contribution in [0, 0.1) is 11.3 Å². The summed E-state index contributed by atoms with van der Waals surface area (Å²) >= 11 is 0. The Balaban J connectivity index is 1.88. The van der Waals surface area contributed by atoms with E-state index in [0.717, 1.165) is 19.3 Å². The van der Waals surface area contributed by atoms with E-state index in [4.69, 9.17) is 5.26 Å². The molecule has 1 fully saturated rings. The molecule has 2 heteroatoms. The van der Waals surface area contributed by atoms with Crippen molar-refractivity contribution in [3.05, 3.63) is 29.3 Å². The highest BCUT2D eigenvalue weighted by Gasteiger charge is 2.23. The third kappa shape index (κ3) is 1.78. The zero-order valence-electron chi connectivity index (χ0n) is 9.37. The Morgan fingerprint density at radius 1 is 1.25 bits per heavy atom. The summed E-state index contributed by atoms with van der Waals surface area (Å²) < 4.78 is 0. The normalized spacial score (nSPS) is 23.3. The Morgan fingerprint density at radius 3 is 2.88 bits per heavy atom. The van der Waals surface area contributed by atoms with Crippen LogP contribution in [0.15, 0.2) is 18.2 Å². The largest absolute Gasteiger partial charge is 0.382 e. The number of fused-ring (bicyclic) bond motifs is 1. The number of nitrogens with one attached hydrogen (secondary N) is 1. The van der Waals surface area contributed by atoms with Crippen LogP contribution in [0.4, 0.5) is 5.69 Å². The van der Waals surface area contributed by atoms with Crippen LogP contribution < -0.4 is 5.32 Å². The Hall–Kier alpha value is -1.49. The van der Waals surface area contributed by atoms with Crippen LogP contribution in [0.2, 0.25) is 0 Å². The van der Waals surface area contributed by atoms with E-state index in [0.29, 0.717) is 6.04 Å². The minimum atomic E-state index is 0.124. The van der Waals surface area contributed by atoms with Crippen molar-refractivity contribution in [1.82, 2.24) is 0 Å². The summed E-state index contributed by atoms with van der Waals surface area (Å²) in [5, 5.41) is 12.6. The van der Waals surface area contributed by atoms with Crippen molar-refractivity contribution in [2.45, 2.75) is 44.1 Å². The van der Waals surface area contributed by atoms with E-state index < -0.39 is 0 Å². The average Bonchev–Trinajstić information content (AvgIpc) is 3.12. The van der Waals surface area contributed by atoms with Gasteiger partial charge in [0.15, 0.2) is 0 Å². The molecule has 1 atom stereocenters. The summed E-state index contributed by atoms with van der Waals surface area (Å²) in [7, 11) is 0. The van der Waals surface area contributed by atoms with Gasteiger partial charge < -0.3 is 5.32 Å². The molecule has 1 aromatic rings. The molecule has 16 heavy (non-hydrogen) atoms. The molecule has 1 N–H and O–H groups in total. The minimum absolute atomic E-state index is 0.124. The van der Waals surface area contributed by atoms with Gasteiger partial charge in [-0.2, -0.15) is 5.26 Å². The van der Waals surface area contributed by atoms with Crippen molar-refractivity contribution in [1.29, 1.82) is 5.26 Å². The van der Waals surface area contributed by atoms with Gasteiger partial charge in [-0.15, -0.1) is 0 Å². The maximum Gasteiger partial charge on any atom is 0.0715 e. The first-order valence-electron chi connectivity index (χ1n) is 6.16. The molecule has 0 bridgehead atoms. The van der Waals surface area contributed by atoms with Crippen molar-refractivity contribution in [2.75, 3.05) is 5.32 Å². The molecule has 0 saturated heterocycles. The fourth-order valence-electron chi connectivity index (χ4n) is 2.50. The van der Waals surface area contributed by atoms with Crippen LogP contribution in [0.1, 0.15) is 42.7 Å². The third-order valence-corrected chi connectivity index (χ3v) is 3.56. The highest BCUT2D eigenvalue weighted by molar-refractivity contribution is 5.52. The van der Waals surface area contributed by atoms with E-state index >= 15 is 0 Å². The summed E-state index contributed by atoms with van der Waals surface area (Å²) in [5.41, 5.74) is 3.87. The molecular formula is C14H16N2. The maximum atomic E-state index is 9.10. The molecule has 2 aliphatic rings. The number of benzene rings is 1. The number of hydrogen-bond donors (Lipinski definition) is 1. The lowest BCUT2D eigenvalue weighted by molar-refractivity contribution is 0.637. The predicted octanol–water partition coefficient (Wildman–Crippen LogP) is 3.20. The van der Waals surface area contributed by atoms with Gasteiger partial charge in [0, 0.05) is 11.7 Å². The molecule has 0 amide bonds. The monoisotopic (exact) mass is 212 g/mol. The summed E-state index contributed by atoms with van der Waals surface area (Å²) in [4.78, 5) is 0. The molecule has 0 aromatic heterocycles. The zero-order chi connectivity index (χ0) is 11.0. The Bertz CT molecular complexity index is 441. The van der Waals surface area contributed by atoms with Crippen molar-refractivity contribution >= 4 is 5.69 Å². The molecule has 1 unspecified atom stereocenters.